The first-order valence-electron chi connectivity index (χ1n) is 8.68. The van der Waals surface area contributed by atoms with E-state index in [1.807, 2.05) is 24.3 Å². The molecule has 7 heteroatoms. The van der Waals surface area contributed by atoms with E-state index >= 15 is 0 Å². The van der Waals surface area contributed by atoms with Gasteiger partial charge in [0.1, 0.15) is 29.7 Å². The molecule has 3 aromatic rings. The molecule has 0 aliphatic rings. The summed E-state index contributed by atoms with van der Waals surface area (Å²) in [5.41, 5.74) is 0.466. The van der Waals surface area contributed by atoms with Crippen molar-refractivity contribution in [1.82, 2.24) is 4.98 Å². The number of carbonyl (C=O) groups is 1. The van der Waals surface area contributed by atoms with Gasteiger partial charge in [-0.2, -0.15) is 0 Å². The first kappa shape index (κ1) is 19.2. The zero-order valence-corrected chi connectivity index (χ0v) is 15.3. The molecule has 0 saturated heterocycles. The van der Waals surface area contributed by atoms with E-state index in [0.29, 0.717) is 24.5 Å². The Morgan fingerprint density at radius 3 is 2.46 bits per heavy atom. The quantitative estimate of drug-likeness (QED) is 0.578. The van der Waals surface area contributed by atoms with Gasteiger partial charge < -0.3 is 20.1 Å². The number of benzene rings is 2. The van der Waals surface area contributed by atoms with Crippen LogP contribution in [0.15, 0.2) is 66.9 Å². The van der Waals surface area contributed by atoms with E-state index < -0.39 is 11.7 Å². The summed E-state index contributed by atoms with van der Waals surface area (Å²) in [6.07, 6.45) is 1.43. The van der Waals surface area contributed by atoms with Gasteiger partial charge in [0, 0.05) is 6.20 Å². The number of halogens is 1. The largest absolute Gasteiger partial charge is 0.497 e. The topological polar surface area (TPSA) is 72.5 Å². The summed E-state index contributed by atoms with van der Waals surface area (Å²) >= 11 is 0. The van der Waals surface area contributed by atoms with Crippen LogP contribution in [0.1, 0.15) is 10.4 Å². The Bertz CT molecular complexity index is 915. The van der Waals surface area contributed by atoms with Crippen LogP contribution >= 0.6 is 0 Å². The van der Waals surface area contributed by atoms with Crippen molar-refractivity contribution in [2.75, 3.05) is 30.9 Å². The second-order valence-electron chi connectivity index (χ2n) is 5.82. The third-order valence-corrected chi connectivity index (χ3v) is 3.88. The molecule has 3 rings (SSSR count). The number of para-hydroxylation sites is 1. The summed E-state index contributed by atoms with van der Waals surface area (Å²) in [6.45, 7) is 0.989. The number of hydrogen-bond donors (Lipinski definition) is 2. The van der Waals surface area contributed by atoms with Gasteiger partial charge in [0.05, 0.1) is 24.9 Å². The van der Waals surface area contributed by atoms with Crippen LogP contribution in [0, 0.1) is 5.82 Å². The van der Waals surface area contributed by atoms with E-state index in [-0.39, 0.29) is 5.69 Å². The molecule has 2 aromatic carbocycles. The van der Waals surface area contributed by atoms with Gasteiger partial charge in [0.2, 0.25) is 0 Å². The molecule has 0 saturated carbocycles. The molecule has 1 heterocycles. The Kier molecular flexibility index (Phi) is 6.41. The maximum Gasteiger partial charge on any atom is 0.257 e. The number of nitrogens with zero attached hydrogens (tertiary/aromatic N) is 1. The first-order valence-corrected chi connectivity index (χ1v) is 8.68. The summed E-state index contributed by atoms with van der Waals surface area (Å²) in [6, 6.07) is 16.6. The lowest BCUT2D eigenvalue weighted by Crippen LogP contribution is -2.15. The lowest BCUT2D eigenvalue weighted by molar-refractivity contribution is 0.102. The molecule has 144 valence electrons. The van der Waals surface area contributed by atoms with Gasteiger partial charge in [-0.1, -0.05) is 12.1 Å². The third kappa shape index (κ3) is 5.20. The number of pyridine rings is 1. The molecule has 28 heavy (non-hydrogen) atoms. The van der Waals surface area contributed by atoms with Gasteiger partial charge >= 0.3 is 0 Å². The Morgan fingerprint density at radius 1 is 1.04 bits per heavy atom. The van der Waals surface area contributed by atoms with E-state index in [1.54, 1.807) is 31.4 Å². The lowest BCUT2D eigenvalue weighted by Gasteiger charge is -2.09. The Balaban J connectivity index is 1.46. The number of methoxy groups -OCH3 is 1. The molecule has 0 aliphatic heterocycles. The summed E-state index contributed by atoms with van der Waals surface area (Å²) < 4.78 is 24.3. The minimum atomic E-state index is -0.487. The lowest BCUT2D eigenvalue weighted by atomic mass is 10.2. The van der Waals surface area contributed by atoms with Crippen LogP contribution in [0.25, 0.3) is 0 Å². The van der Waals surface area contributed by atoms with E-state index in [1.165, 1.54) is 18.3 Å². The molecule has 1 aromatic heterocycles. The fourth-order valence-corrected chi connectivity index (χ4v) is 2.41. The van der Waals surface area contributed by atoms with Gasteiger partial charge in [-0.05, 0) is 48.5 Å². The molecule has 0 fully saturated rings. The molecule has 1 amide bonds. The molecular weight excluding hydrogens is 361 g/mol. The van der Waals surface area contributed by atoms with Gasteiger partial charge in [-0.3, -0.25) is 4.79 Å². The number of amides is 1. The summed E-state index contributed by atoms with van der Waals surface area (Å²) in [5, 5.41) is 5.63. The van der Waals surface area contributed by atoms with Crippen molar-refractivity contribution in [2.24, 2.45) is 0 Å². The van der Waals surface area contributed by atoms with Crippen molar-refractivity contribution in [3.8, 4) is 11.5 Å². The van der Waals surface area contributed by atoms with E-state index in [0.717, 1.165) is 11.5 Å². The van der Waals surface area contributed by atoms with Crippen LogP contribution in [0.3, 0.4) is 0 Å². The van der Waals surface area contributed by atoms with Gasteiger partial charge in [-0.15, -0.1) is 0 Å². The van der Waals surface area contributed by atoms with Crippen LogP contribution < -0.4 is 20.1 Å². The van der Waals surface area contributed by atoms with E-state index in [9.17, 15) is 9.18 Å². The molecule has 6 nitrogen and oxygen atoms in total. The fraction of sp³-hybridized carbons (Fsp3) is 0.143. The van der Waals surface area contributed by atoms with Gasteiger partial charge in [0.15, 0.2) is 0 Å². The highest BCUT2D eigenvalue weighted by atomic mass is 19.1. The molecule has 0 spiro atoms. The number of rotatable bonds is 8. The molecule has 0 unspecified atom stereocenters. The van der Waals surface area contributed by atoms with E-state index in [4.69, 9.17) is 9.47 Å². The predicted molar refractivity (Wildman–Crippen MR) is 106 cm³/mol. The maximum absolute atomic E-state index is 13.6. The molecular formula is C21H20FN3O3. The molecule has 0 bridgehead atoms. The van der Waals surface area contributed by atoms with Crippen molar-refractivity contribution in [3.05, 3.63) is 78.2 Å². The monoisotopic (exact) mass is 381 g/mol. The average molecular weight is 381 g/mol. The number of ether oxygens (including phenoxy) is 2. The third-order valence-electron chi connectivity index (χ3n) is 3.88. The Labute approximate surface area is 162 Å². The van der Waals surface area contributed by atoms with E-state index in [2.05, 4.69) is 15.6 Å². The zero-order chi connectivity index (χ0) is 19.8. The standard InChI is InChI=1S/C21H20FN3O3/c1-27-16-7-9-17(10-8-16)28-13-12-23-20-11-6-15(14-24-20)21(26)25-19-5-3-2-4-18(19)22/h2-11,14H,12-13H2,1H3,(H,23,24)(H,25,26). The van der Waals surface area contributed by atoms with Gasteiger partial charge in [-0.25, -0.2) is 9.37 Å². The number of aromatic nitrogens is 1. The highest BCUT2D eigenvalue weighted by Crippen LogP contribution is 2.17. The number of hydrogen-bond acceptors (Lipinski definition) is 5. The number of nitrogens with one attached hydrogen (secondary N) is 2. The van der Waals surface area contributed by atoms with Crippen molar-refractivity contribution in [3.63, 3.8) is 0 Å². The van der Waals surface area contributed by atoms with Crippen LogP contribution in [0.4, 0.5) is 15.9 Å². The summed E-state index contributed by atoms with van der Waals surface area (Å²) in [5.74, 6) is 1.22. The second-order valence-corrected chi connectivity index (χ2v) is 5.82. The van der Waals surface area contributed by atoms with Crippen LogP contribution in [-0.2, 0) is 0 Å². The highest BCUT2D eigenvalue weighted by Gasteiger charge is 2.09. The fourth-order valence-electron chi connectivity index (χ4n) is 2.41. The maximum atomic E-state index is 13.6. The zero-order valence-electron chi connectivity index (χ0n) is 15.3. The second kappa shape index (κ2) is 9.36. The predicted octanol–water partition coefficient (Wildman–Crippen LogP) is 3.97. The molecule has 0 atom stereocenters. The van der Waals surface area contributed by atoms with Crippen LogP contribution in [-0.4, -0.2) is 31.2 Å². The van der Waals surface area contributed by atoms with Crippen LogP contribution in [0.5, 0.6) is 11.5 Å². The molecule has 0 radical (unpaired) electrons. The van der Waals surface area contributed by atoms with Crippen molar-refractivity contribution in [2.45, 2.75) is 0 Å². The number of anilines is 2. The van der Waals surface area contributed by atoms with Crippen molar-refractivity contribution >= 4 is 17.4 Å². The van der Waals surface area contributed by atoms with Crippen molar-refractivity contribution < 1.29 is 18.7 Å². The Morgan fingerprint density at radius 2 is 1.79 bits per heavy atom. The highest BCUT2D eigenvalue weighted by molar-refractivity contribution is 6.04. The minimum Gasteiger partial charge on any atom is -0.497 e. The Hall–Kier alpha value is -3.61. The van der Waals surface area contributed by atoms with Crippen molar-refractivity contribution in [1.29, 1.82) is 0 Å². The molecule has 2 N–H and O–H groups in total. The number of carbonyl (C=O) groups excluding carboxylic acids is 1. The first-order chi connectivity index (χ1) is 13.7. The average Bonchev–Trinajstić information content (AvgIpc) is 2.73. The van der Waals surface area contributed by atoms with Crippen LogP contribution in [0.2, 0.25) is 0 Å². The smallest absolute Gasteiger partial charge is 0.257 e. The summed E-state index contributed by atoms with van der Waals surface area (Å²) in [4.78, 5) is 16.4. The normalized spacial score (nSPS) is 10.2. The SMILES string of the molecule is COc1ccc(OCCNc2ccc(C(=O)Nc3ccccc3F)cn2)cc1. The minimum absolute atomic E-state index is 0.130. The molecule has 0 aliphatic carbocycles. The van der Waals surface area contributed by atoms with Gasteiger partial charge in [0.25, 0.3) is 5.91 Å². The summed E-state index contributed by atoms with van der Waals surface area (Å²) in [7, 11) is 1.61.